The second-order valence-corrected chi connectivity index (χ2v) is 11.8. The molecule has 5 heteroatoms. The van der Waals surface area contributed by atoms with Crippen LogP contribution in [0.1, 0.15) is 79.8 Å². The number of nitrogens with zero attached hydrogens (tertiary/aromatic N) is 2. The van der Waals surface area contributed by atoms with Gasteiger partial charge in [0.1, 0.15) is 0 Å². The van der Waals surface area contributed by atoms with Crippen molar-refractivity contribution >= 4 is 17.2 Å². The van der Waals surface area contributed by atoms with Gasteiger partial charge in [-0.1, -0.05) is 49.6 Å². The quantitative estimate of drug-likeness (QED) is 0.673. The maximum absolute atomic E-state index is 14.4. The normalized spacial score (nSPS) is 32.7. The lowest BCUT2D eigenvalue weighted by Gasteiger charge is -2.47. The molecule has 1 amide bonds. The zero-order valence-corrected chi connectivity index (χ0v) is 20.5. The second-order valence-electron chi connectivity index (χ2n) is 11.0. The second kappa shape index (κ2) is 9.14. The topological polar surface area (TPSA) is 45.2 Å². The third kappa shape index (κ3) is 3.85. The zero-order valence-electron chi connectivity index (χ0n) is 19.7. The average Bonchev–Trinajstić information content (AvgIpc) is 3.53. The Bertz CT molecular complexity index is 969. The fraction of sp³-hybridized carbons (Fsp3) is 0.643. The molecule has 2 aromatic rings. The van der Waals surface area contributed by atoms with Crippen LogP contribution in [0.25, 0.3) is 0 Å². The number of likely N-dealkylation sites (tertiary alicyclic amines) is 1. The Morgan fingerprint density at radius 3 is 2.79 bits per heavy atom. The molecule has 2 saturated heterocycles. The van der Waals surface area contributed by atoms with Crippen LogP contribution in [-0.2, 0) is 16.6 Å². The molecular weight excluding hydrogens is 426 g/mol. The number of amides is 1. The van der Waals surface area contributed by atoms with Crippen LogP contribution in [-0.4, -0.2) is 41.5 Å². The van der Waals surface area contributed by atoms with E-state index in [2.05, 4.69) is 45.5 Å². The fourth-order valence-corrected chi connectivity index (χ4v) is 8.71. The summed E-state index contributed by atoms with van der Waals surface area (Å²) >= 11 is 1.79. The zero-order chi connectivity index (χ0) is 22.3. The smallest absolute Gasteiger partial charge is 0.228 e. The van der Waals surface area contributed by atoms with E-state index in [4.69, 9.17) is 0 Å². The molecule has 1 spiro atoms. The van der Waals surface area contributed by atoms with Crippen molar-refractivity contribution in [3.8, 4) is 0 Å². The highest BCUT2D eigenvalue weighted by Crippen LogP contribution is 2.48. The average molecular weight is 464 g/mol. The molecule has 1 aromatic heterocycles. The van der Waals surface area contributed by atoms with Gasteiger partial charge in [-0.15, -0.1) is 11.3 Å². The van der Waals surface area contributed by atoms with Gasteiger partial charge in [0.15, 0.2) is 0 Å². The van der Waals surface area contributed by atoms with Crippen LogP contribution >= 0.6 is 11.3 Å². The number of aryl methyl sites for hydroxylation is 1. The highest BCUT2D eigenvalue weighted by atomic mass is 32.1. The Balaban J connectivity index is 1.29. The van der Waals surface area contributed by atoms with Crippen LogP contribution in [0.5, 0.6) is 0 Å². The number of aromatic nitrogens is 1. The molecule has 2 aliphatic heterocycles. The molecule has 2 aliphatic carbocycles. The highest BCUT2D eigenvalue weighted by Gasteiger charge is 2.53. The molecule has 0 bridgehead atoms. The summed E-state index contributed by atoms with van der Waals surface area (Å²) in [7, 11) is 0. The van der Waals surface area contributed by atoms with Crippen molar-refractivity contribution in [2.45, 2.75) is 81.6 Å². The summed E-state index contributed by atoms with van der Waals surface area (Å²) in [6, 6.07) is 11.5. The predicted octanol–water partition coefficient (Wildman–Crippen LogP) is 5.29. The molecule has 0 unspecified atom stereocenters. The molecular formula is C28H37N3OS. The van der Waals surface area contributed by atoms with E-state index in [1.54, 1.807) is 11.3 Å². The van der Waals surface area contributed by atoms with Crippen LogP contribution in [0.15, 0.2) is 35.8 Å². The Morgan fingerprint density at radius 1 is 1.09 bits per heavy atom. The fourth-order valence-electron chi connectivity index (χ4n) is 7.58. The first kappa shape index (κ1) is 21.8. The Kier molecular flexibility index (Phi) is 6.04. The number of piperidine rings is 1. The highest BCUT2D eigenvalue weighted by molar-refractivity contribution is 7.10. The van der Waals surface area contributed by atoms with Gasteiger partial charge in [0.25, 0.3) is 0 Å². The Labute approximate surface area is 202 Å². The number of fused-ring (bicyclic) bond motifs is 2. The van der Waals surface area contributed by atoms with Crippen LogP contribution in [0.2, 0.25) is 0 Å². The predicted molar refractivity (Wildman–Crippen MR) is 134 cm³/mol. The van der Waals surface area contributed by atoms with Gasteiger partial charge in [0, 0.05) is 36.0 Å². The number of rotatable bonds is 3. The van der Waals surface area contributed by atoms with Crippen molar-refractivity contribution in [2.24, 2.45) is 11.8 Å². The van der Waals surface area contributed by atoms with Crippen molar-refractivity contribution in [1.29, 1.82) is 0 Å². The van der Waals surface area contributed by atoms with Crippen LogP contribution < -0.4 is 5.32 Å². The van der Waals surface area contributed by atoms with Gasteiger partial charge in [0.2, 0.25) is 5.91 Å². The molecule has 3 fully saturated rings. The van der Waals surface area contributed by atoms with Crippen molar-refractivity contribution in [3.05, 3.63) is 52.0 Å². The monoisotopic (exact) mass is 463 g/mol. The minimum Gasteiger partial charge on any atom is -0.339 e. The van der Waals surface area contributed by atoms with E-state index >= 15 is 0 Å². The molecule has 4 atom stereocenters. The summed E-state index contributed by atoms with van der Waals surface area (Å²) in [5.41, 5.74) is 4.71. The third-order valence-electron chi connectivity index (χ3n) is 9.28. The van der Waals surface area contributed by atoms with Crippen LogP contribution in [0.3, 0.4) is 0 Å². The Morgan fingerprint density at radius 2 is 1.94 bits per heavy atom. The van der Waals surface area contributed by atoms with Crippen molar-refractivity contribution in [2.75, 3.05) is 19.6 Å². The van der Waals surface area contributed by atoms with Gasteiger partial charge >= 0.3 is 0 Å². The molecule has 1 saturated carbocycles. The maximum atomic E-state index is 14.4. The maximum Gasteiger partial charge on any atom is 0.228 e. The van der Waals surface area contributed by atoms with Gasteiger partial charge in [0.05, 0.1) is 17.1 Å². The standard InChI is InChI=1S/C28H37N3OS/c32-27(23-17-29-18-28(23)14-7-12-24-26(28)33-19-30-24)31-15-13-22(20-8-3-1-4-9-20)16-25(31)21-10-5-2-6-11-21/h1,3-4,8-9,19,21-23,25,29H,2,5-7,10-18H2/t22-,23+,25+,28-/m1/s1. The first-order valence-corrected chi connectivity index (χ1v) is 14.1. The van der Waals surface area contributed by atoms with Gasteiger partial charge < -0.3 is 10.2 Å². The lowest BCUT2D eigenvalue weighted by Crippen LogP contribution is -2.55. The number of benzene rings is 1. The minimum absolute atomic E-state index is 0.0285. The SMILES string of the molecule is O=C([C@@H]1CNC[C@]12CCCc1ncsc12)N1CC[C@@H](c2ccccc2)C[C@H]1C1CCCCC1. The van der Waals surface area contributed by atoms with E-state index in [1.807, 2.05) is 5.51 Å². The molecule has 4 aliphatic rings. The molecule has 176 valence electrons. The molecule has 4 nitrogen and oxygen atoms in total. The summed E-state index contributed by atoms with van der Waals surface area (Å²) in [6.45, 7) is 2.68. The lowest BCUT2D eigenvalue weighted by molar-refractivity contribution is -0.143. The van der Waals surface area contributed by atoms with Gasteiger partial charge in [-0.05, 0) is 62.3 Å². The number of carbonyl (C=O) groups is 1. The molecule has 33 heavy (non-hydrogen) atoms. The van der Waals surface area contributed by atoms with Gasteiger partial charge in [-0.3, -0.25) is 4.79 Å². The number of carbonyl (C=O) groups excluding carboxylic acids is 1. The molecule has 1 aromatic carbocycles. The largest absolute Gasteiger partial charge is 0.339 e. The number of hydrogen-bond donors (Lipinski definition) is 1. The summed E-state index contributed by atoms with van der Waals surface area (Å²) in [4.78, 5) is 22.8. The first-order valence-electron chi connectivity index (χ1n) is 13.3. The molecule has 3 heterocycles. The van der Waals surface area contributed by atoms with E-state index in [1.165, 1.54) is 48.2 Å². The molecule has 1 N–H and O–H groups in total. The van der Waals surface area contributed by atoms with Crippen LogP contribution in [0.4, 0.5) is 0 Å². The van der Waals surface area contributed by atoms with Crippen molar-refractivity contribution in [1.82, 2.24) is 15.2 Å². The van der Waals surface area contributed by atoms with Crippen LogP contribution in [0, 0.1) is 11.8 Å². The number of nitrogens with one attached hydrogen (secondary N) is 1. The van der Waals surface area contributed by atoms with Gasteiger partial charge in [-0.2, -0.15) is 0 Å². The first-order chi connectivity index (χ1) is 16.3. The number of thiazole rings is 1. The van der Waals surface area contributed by atoms with E-state index in [-0.39, 0.29) is 11.3 Å². The van der Waals surface area contributed by atoms with Crippen molar-refractivity contribution in [3.63, 3.8) is 0 Å². The number of hydrogen-bond acceptors (Lipinski definition) is 4. The minimum atomic E-state index is -0.0285. The van der Waals surface area contributed by atoms with E-state index in [9.17, 15) is 4.79 Å². The third-order valence-corrected chi connectivity index (χ3v) is 10.4. The lowest BCUT2D eigenvalue weighted by atomic mass is 9.68. The summed E-state index contributed by atoms with van der Waals surface area (Å²) in [5.74, 6) is 1.75. The summed E-state index contributed by atoms with van der Waals surface area (Å²) in [6.07, 6.45) is 12.2. The summed E-state index contributed by atoms with van der Waals surface area (Å²) in [5, 5.41) is 3.64. The van der Waals surface area contributed by atoms with E-state index < -0.39 is 0 Å². The van der Waals surface area contributed by atoms with Gasteiger partial charge in [-0.25, -0.2) is 4.98 Å². The Hall–Kier alpha value is -1.72. The van der Waals surface area contributed by atoms with E-state index in [0.29, 0.717) is 23.8 Å². The molecule has 0 radical (unpaired) electrons. The van der Waals surface area contributed by atoms with E-state index in [0.717, 1.165) is 51.7 Å². The summed E-state index contributed by atoms with van der Waals surface area (Å²) < 4.78 is 0. The van der Waals surface area contributed by atoms with Crippen molar-refractivity contribution < 1.29 is 4.79 Å². The molecule has 6 rings (SSSR count).